The predicted octanol–water partition coefficient (Wildman–Crippen LogP) is 4.78. The summed E-state index contributed by atoms with van der Waals surface area (Å²) in [6, 6.07) is 27.3. The highest BCUT2D eigenvalue weighted by molar-refractivity contribution is 5.46. The van der Waals surface area contributed by atoms with Gasteiger partial charge < -0.3 is 14.8 Å². The minimum absolute atomic E-state index is 0.217. The number of ether oxygens (including phenoxy) is 2. The molecule has 0 bridgehead atoms. The van der Waals surface area contributed by atoms with Crippen LogP contribution < -0.4 is 14.8 Å². The van der Waals surface area contributed by atoms with E-state index in [0.29, 0.717) is 6.54 Å². The van der Waals surface area contributed by atoms with Crippen molar-refractivity contribution in [3.63, 3.8) is 0 Å². The van der Waals surface area contributed by atoms with Gasteiger partial charge in [0.1, 0.15) is 0 Å². The average molecular weight is 347 g/mol. The van der Waals surface area contributed by atoms with Crippen molar-refractivity contribution in [2.24, 2.45) is 0 Å². The van der Waals surface area contributed by atoms with Crippen LogP contribution in [0.25, 0.3) is 0 Å². The Balaban J connectivity index is 1.80. The first-order chi connectivity index (χ1) is 12.8. The van der Waals surface area contributed by atoms with Gasteiger partial charge in [0.2, 0.25) is 0 Å². The number of nitrogens with one attached hydrogen (secondary N) is 1. The lowest BCUT2D eigenvalue weighted by Gasteiger charge is -2.21. The number of hydrogen-bond acceptors (Lipinski definition) is 3. The number of methoxy groups -OCH3 is 2. The van der Waals surface area contributed by atoms with Crippen LogP contribution in [0, 0.1) is 0 Å². The van der Waals surface area contributed by atoms with Crippen LogP contribution in [0.1, 0.15) is 22.7 Å². The molecule has 0 fully saturated rings. The lowest BCUT2D eigenvalue weighted by Crippen LogP contribution is -2.23. The van der Waals surface area contributed by atoms with Gasteiger partial charge in [-0.1, -0.05) is 72.8 Å². The summed E-state index contributed by atoms with van der Waals surface area (Å²) in [7, 11) is 3.34. The molecule has 0 heterocycles. The van der Waals surface area contributed by atoms with Crippen LogP contribution in [-0.4, -0.2) is 14.2 Å². The molecule has 0 saturated heterocycles. The number of benzene rings is 3. The molecule has 0 aliphatic rings. The first kappa shape index (κ1) is 18.0. The molecular formula is C23H25NO2. The SMILES string of the molecule is COc1cccc(CNC(Cc2ccccc2)c2ccccc2)c1OC. The molecule has 0 spiro atoms. The summed E-state index contributed by atoms with van der Waals surface area (Å²) >= 11 is 0. The number of para-hydroxylation sites is 1. The van der Waals surface area contributed by atoms with Crippen LogP contribution in [0.3, 0.4) is 0 Å². The van der Waals surface area contributed by atoms with E-state index in [1.165, 1.54) is 11.1 Å². The average Bonchev–Trinajstić information content (AvgIpc) is 2.72. The Morgan fingerprint density at radius 3 is 2.12 bits per heavy atom. The Morgan fingerprint density at radius 2 is 1.46 bits per heavy atom. The molecule has 134 valence electrons. The van der Waals surface area contributed by atoms with Gasteiger partial charge in [0.05, 0.1) is 14.2 Å². The lowest BCUT2D eigenvalue weighted by molar-refractivity contribution is 0.349. The van der Waals surface area contributed by atoms with Crippen LogP contribution in [0.2, 0.25) is 0 Å². The zero-order chi connectivity index (χ0) is 18.2. The van der Waals surface area contributed by atoms with Gasteiger partial charge >= 0.3 is 0 Å². The van der Waals surface area contributed by atoms with Gasteiger partial charge in [0, 0.05) is 18.2 Å². The van der Waals surface area contributed by atoms with Gasteiger partial charge in [0.25, 0.3) is 0 Å². The molecule has 0 aliphatic carbocycles. The first-order valence-electron chi connectivity index (χ1n) is 8.84. The van der Waals surface area contributed by atoms with Gasteiger partial charge in [-0.3, -0.25) is 0 Å². The monoisotopic (exact) mass is 347 g/mol. The standard InChI is InChI=1S/C23H25NO2/c1-25-22-15-9-14-20(23(22)26-2)17-24-21(19-12-7-4-8-13-19)16-18-10-5-3-6-11-18/h3-15,21,24H,16-17H2,1-2H3. The van der Waals surface area contributed by atoms with E-state index in [-0.39, 0.29) is 6.04 Å². The molecule has 0 amide bonds. The van der Waals surface area contributed by atoms with Crippen molar-refractivity contribution in [3.05, 3.63) is 95.6 Å². The van der Waals surface area contributed by atoms with Crippen molar-refractivity contribution in [1.82, 2.24) is 5.32 Å². The third kappa shape index (κ3) is 4.44. The van der Waals surface area contributed by atoms with Crippen LogP contribution in [-0.2, 0) is 13.0 Å². The second-order valence-electron chi connectivity index (χ2n) is 6.19. The van der Waals surface area contributed by atoms with Crippen LogP contribution >= 0.6 is 0 Å². The van der Waals surface area contributed by atoms with Crippen LogP contribution in [0.15, 0.2) is 78.9 Å². The number of hydrogen-bond donors (Lipinski definition) is 1. The summed E-state index contributed by atoms with van der Waals surface area (Å²) in [5.41, 5.74) is 3.67. The molecule has 26 heavy (non-hydrogen) atoms. The third-order valence-corrected chi connectivity index (χ3v) is 4.51. The Labute approximate surface area is 155 Å². The minimum Gasteiger partial charge on any atom is -0.493 e. The first-order valence-corrected chi connectivity index (χ1v) is 8.84. The number of rotatable bonds is 8. The van der Waals surface area contributed by atoms with E-state index in [9.17, 15) is 0 Å². The molecule has 0 aliphatic heterocycles. The van der Waals surface area contributed by atoms with E-state index in [2.05, 4.69) is 66.0 Å². The molecule has 0 radical (unpaired) electrons. The summed E-state index contributed by atoms with van der Waals surface area (Å²) in [5.74, 6) is 1.54. The van der Waals surface area contributed by atoms with Crippen molar-refractivity contribution in [2.75, 3.05) is 14.2 Å². The fraction of sp³-hybridized carbons (Fsp3) is 0.217. The van der Waals surface area contributed by atoms with Gasteiger partial charge in [0.15, 0.2) is 11.5 Å². The highest BCUT2D eigenvalue weighted by Gasteiger charge is 2.14. The maximum absolute atomic E-state index is 5.56. The summed E-state index contributed by atoms with van der Waals surface area (Å²) in [4.78, 5) is 0. The molecule has 1 unspecified atom stereocenters. The Bertz CT molecular complexity index is 803. The summed E-state index contributed by atoms with van der Waals surface area (Å²) in [5, 5.41) is 3.69. The van der Waals surface area contributed by atoms with E-state index in [4.69, 9.17) is 9.47 Å². The normalized spacial score (nSPS) is 11.8. The Hall–Kier alpha value is -2.78. The van der Waals surface area contributed by atoms with E-state index in [1.807, 2.05) is 18.2 Å². The van der Waals surface area contributed by atoms with Gasteiger partial charge in [-0.25, -0.2) is 0 Å². The van der Waals surface area contributed by atoms with E-state index in [0.717, 1.165) is 23.5 Å². The van der Waals surface area contributed by atoms with Gasteiger partial charge in [-0.2, -0.15) is 0 Å². The Morgan fingerprint density at radius 1 is 0.769 bits per heavy atom. The highest BCUT2D eigenvalue weighted by atomic mass is 16.5. The maximum Gasteiger partial charge on any atom is 0.165 e. The van der Waals surface area contributed by atoms with Crippen LogP contribution in [0.4, 0.5) is 0 Å². The quantitative estimate of drug-likeness (QED) is 0.636. The fourth-order valence-electron chi connectivity index (χ4n) is 3.17. The molecule has 3 aromatic rings. The molecule has 3 aromatic carbocycles. The second kappa shape index (κ2) is 9.07. The third-order valence-electron chi connectivity index (χ3n) is 4.51. The topological polar surface area (TPSA) is 30.5 Å². The lowest BCUT2D eigenvalue weighted by atomic mass is 9.98. The minimum atomic E-state index is 0.217. The zero-order valence-electron chi connectivity index (χ0n) is 15.3. The van der Waals surface area contributed by atoms with Crippen molar-refractivity contribution in [1.29, 1.82) is 0 Å². The van der Waals surface area contributed by atoms with Crippen molar-refractivity contribution >= 4 is 0 Å². The van der Waals surface area contributed by atoms with E-state index >= 15 is 0 Å². The van der Waals surface area contributed by atoms with Crippen molar-refractivity contribution < 1.29 is 9.47 Å². The molecule has 3 rings (SSSR count). The predicted molar refractivity (Wildman–Crippen MR) is 106 cm³/mol. The summed E-state index contributed by atoms with van der Waals surface area (Å²) in [6.07, 6.45) is 0.928. The summed E-state index contributed by atoms with van der Waals surface area (Å²) in [6.45, 7) is 0.701. The highest BCUT2D eigenvalue weighted by Crippen LogP contribution is 2.31. The van der Waals surface area contributed by atoms with Crippen molar-refractivity contribution in [3.8, 4) is 11.5 Å². The maximum atomic E-state index is 5.56. The molecule has 3 nitrogen and oxygen atoms in total. The smallest absolute Gasteiger partial charge is 0.165 e. The van der Waals surface area contributed by atoms with Crippen LogP contribution in [0.5, 0.6) is 11.5 Å². The molecule has 1 N–H and O–H groups in total. The Kier molecular flexibility index (Phi) is 6.29. The molecule has 0 saturated carbocycles. The van der Waals surface area contributed by atoms with Gasteiger partial charge in [-0.15, -0.1) is 0 Å². The molecule has 3 heteroatoms. The second-order valence-corrected chi connectivity index (χ2v) is 6.19. The van der Waals surface area contributed by atoms with Crippen molar-refractivity contribution in [2.45, 2.75) is 19.0 Å². The molecule has 1 atom stereocenters. The fourth-order valence-corrected chi connectivity index (χ4v) is 3.17. The summed E-state index contributed by atoms with van der Waals surface area (Å²) < 4.78 is 11.0. The molecule has 0 aromatic heterocycles. The van der Waals surface area contributed by atoms with E-state index in [1.54, 1.807) is 14.2 Å². The largest absolute Gasteiger partial charge is 0.493 e. The van der Waals surface area contributed by atoms with Gasteiger partial charge in [-0.05, 0) is 23.6 Å². The molecular weight excluding hydrogens is 322 g/mol. The van der Waals surface area contributed by atoms with E-state index < -0.39 is 0 Å². The zero-order valence-corrected chi connectivity index (χ0v) is 15.3.